The maximum atomic E-state index is 12.1. The molecule has 0 spiro atoms. The summed E-state index contributed by atoms with van der Waals surface area (Å²) in [6.45, 7) is 5.71. The Bertz CT molecular complexity index is 509. The lowest BCUT2D eigenvalue weighted by atomic mass is 10.3. The predicted octanol–water partition coefficient (Wildman–Crippen LogP) is 2.88. The average molecular weight is 444 g/mol. The Balaban J connectivity index is 0.00000484. The van der Waals surface area contributed by atoms with E-state index in [4.69, 9.17) is 0 Å². The van der Waals surface area contributed by atoms with Crippen molar-refractivity contribution < 1.29 is 17.9 Å². The number of nitrogens with zero attached hydrogens (tertiary/aromatic N) is 2. The van der Waals surface area contributed by atoms with Crippen molar-refractivity contribution in [1.82, 2.24) is 15.6 Å². The summed E-state index contributed by atoms with van der Waals surface area (Å²) in [6.07, 6.45) is -1.30. The van der Waals surface area contributed by atoms with Gasteiger partial charge in [-0.1, -0.05) is 6.08 Å². The maximum Gasteiger partial charge on any atom is 0.422 e. The predicted molar refractivity (Wildman–Crippen MR) is 94.2 cm³/mol. The van der Waals surface area contributed by atoms with Crippen LogP contribution in [0, 0.1) is 0 Å². The highest BCUT2D eigenvalue weighted by Gasteiger charge is 2.28. The molecule has 0 amide bonds. The Hall–Kier alpha value is -1.52. The van der Waals surface area contributed by atoms with Crippen LogP contribution in [0.3, 0.4) is 0 Å². The third kappa shape index (κ3) is 9.97. The number of aromatic nitrogens is 1. The van der Waals surface area contributed by atoms with Gasteiger partial charge in [0.15, 0.2) is 12.6 Å². The lowest BCUT2D eigenvalue weighted by molar-refractivity contribution is -0.154. The highest BCUT2D eigenvalue weighted by Crippen LogP contribution is 2.17. The number of ether oxygens (including phenoxy) is 1. The summed E-state index contributed by atoms with van der Waals surface area (Å²) in [7, 11) is 0. The summed E-state index contributed by atoms with van der Waals surface area (Å²) in [6, 6.07) is 3.10. The first-order valence-electron chi connectivity index (χ1n) is 6.72. The Labute approximate surface area is 150 Å². The van der Waals surface area contributed by atoms with Crippen molar-refractivity contribution in [2.45, 2.75) is 19.6 Å². The quantitative estimate of drug-likeness (QED) is 0.294. The van der Waals surface area contributed by atoms with E-state index in [0.717, 1.165) is 0 Å². The second-order valence-electron chi connectivity index (χ2n) is 4.27. The van der Waals surface area contributed by atoms with Gasteiger partial charge in [0.1, 0.15) is 0 Å². The van der Waals surface area contributed by atoms with E-state index in [0.29, 0.717) is 24.6 Å². The normalized spacial score (nSPS) is 11.4. The zero-order valence-corrected chi connectivity index (χ0v) is 15.0. The van der Waals surface area contributed by atoms with Crippen molar-refractivity contribution in [3.8, 4) is 5.88 Å². The average Bonchev–Trinajstić information content (AvgIpc) is 2.48. The molecule has 0 radical (unpaired) electrons. The van der Waals surface area contributed by atoms with Crippen LogP contribution in [0.25, 0.3) is 0 Å². The summed E-state index contributed by atoms with van der Waals surface area (Å²) in [4.78, 5) is 8.05. The first-order chi connectivity index (χ1) is 10.4. The molecule has 130 valence electrons. The van der Waals surface area contributed by atoms with Crippen LogP contribution in [0.1, 0.15) is 12.5 Å². The summed E-state index contributed by atoms with van der Waals surface area (Å²) in [5, 5.41) is 6.07. The molecule has 0 atom stereocenters. The summed E-state index contributed by atoms with van der Waals surface area (Å²) >= 11 is 0. The second-order valence-corrected chi connectivity index (χ2v) is 4.27. The van der Waals surface area contributed by atoms with Gasteiger partial charge < -0.3 is 15.4 Å². The number of guanidine groups is 1. The Morgan fingerprint density at radius 3 is 2.78 bits per heavy atom. The van der Waals surface area contributed by atoms with Crippen LogP contribution in [0.5, 0.6) is 5.88 Å². The minimum Gasteiger partial charge on any atom is -0.468 e. The maximum absolute atomic E-state index is 12.1. The molecule has 0 aliphatic heterocycles. The van der Waals surface area contributed by atoms with Crippen LogP contribution in [0.4, 0.5) is 13.2 Å². The van der Waals surface area contributed by atoms with E-state index in [9.17, 15) is 13.2 Å². The molecule has 0 bridgehead atoms. The zero-order chi connectivity index (χ0) is 16.4. The lowest BCUT2D eigenvalue weighted by Crippen LogP contribution is -2.37. The van der Waals surface area contributed by atoms with Gasteiger partial charge >= 0.3 is 6.18 Å². The molecule has 0 saturated heterocycles. The molecule has 9 heteroatoms. The van der Waals surface area contributed by atoms with Crippen LogP contribution < -0.4 is 15.4 Å². The summed E-state index contributed by atoms with van der Waals surface area (Å²) in [5.41, 5.74) is 0.697. The fraction of sp³-hybridized carbons (Fsp3) is 0.429. The number of aliphatic imine (C=N–C) groups is 1. The molecule has 0 aliphatic carbocycles. The first-order valence-corrected chi connectivity index (χ1v) is 6.72. The summed E-state index contributed by atoms with van der Waals surface area (Å²) < 4.78 is 40.9. The van der Waals surface area contributed by atoms with Crippen molar-refractivity contribution in [2.75, 3.05) is 19.7 Å². The number of pyridine rings is 1. The van der Waals surface area contributed by atoms with E-state index in [2.05, 4.69) is 31.9 Å². The third-order valence-electron chi connectivity index (χ3n) is 2.36. The van der Waals surface area contributed by atoms with E-state index in [-0.39, 0.29) is 36.4 Å². The van der Waals surface area contributed by atoms with Gasteiger partial charge in [-0.3, -0.25) is 0 Å². The minimum absolute atomic E-state index is 0. The molecule has 1 aromatic heterocycles. The van der Waals surface area contributed by atoms with Crippen molar-refractivity contribution in [2.24, 2.45) is 4.99 Å². The molecular weight excluding hydrogens is 424 g/mol. The van der Waals surface area contributed by atoms with Crippen LogP contribution in [-0.2, 0) is 6.54 Å². The molecule has 1 aromatic rings. The second kappa shape index (κ2) is 11.1. The highest BCUT2D eigenvalue weighted by atomic mass is 127. The van der Waals surface area contributed by atoms with Gasteiger partial charge in [0, 0.05) is 25.4 Å². The molecule has 0 saturated carbocycles. The number of alkyl halides is 3. The topological polar surface area (TPSA) is 58.5 Å². The van der Waals surface area contributed by atoms with Crippen molar-refractivity contribution in [1.29, 1.82) is 0 Å². The molecule has 0 fully saturated rings. The molecule has 1 heterocycles. The zero-order valence-electron chi connectivity index (χ0n) is 12.7. The molecule has 2 N–H and O–H groups in total. The van der Waals surface area contributed by atoms with E-state index in [1.54, 1.807) is 12.1 Å². The highest BCUT2D eigenvalue weighted by molar-refractivity contribution is 14.0. The number of nitrogens with one attached hydrogen (secondary N) is 2. The van der Waals surface area contributed by atoms with Gasteiger partial charge in [-0.15, -0.1) is 30.6 Å². The standard InChI is InChI=1S/C14H19F3N4O.HI/c1-3-6-20-13(18-4-2)21-9-11-5-7-19-12(8-11)22-10-14(15,16)17;/h3,5,7-8H,1,4,6,9-10H2,2H3,(H2,18,20,21);1H. The van der Waals surface area contributed by atoms with E-state index in [1.807, 2.05) is 6.92 Å². The Morgan fingerprint density at radius 1 is 1.43 bits per heavy atom. The molecule has 0 aliphatic rings. The number of hydrogen-bond donors (Lipinski definition) is 2. The SMILES string of the molecule is C=CCNC(=NCc1ccnc(OCC(F)(F)F)c1)NCC.I. The monoisotopic (exact) mass is 444 g/mol. The Kier molecular flexibility index (Phi) is 10.4. The molecule has 0 aromatic carbocycles. The van der Waals surface area contributed by atoms with Crippen molar-refractivity contribution in [3.05, 3.63) is 36.5 Å². The van der Waals surface area contributed by atoms with E-state index >= 15 is 0 Å². The molecule has 0 unspecified atom stereocenters. The van der Waals surface area contributed by atoms with Gasteiger partial charge in [-0.2, -0.15) is 13.2 Å². The minimum atomic E-state index is -4.39. The van der Waals surface area contributed by atoms with Gasteiger partial charge in [0.2, 0.25) is 5.88 Å². The van der Waals surface area contributed by atoms with Gasteiger partial charge in [-0.05, 0) is 18.6 Å². The first kappa shape index (κ1) is 21.5. The number of rotatable bonds is 7. The van der Waals surface area contributed by atoms with Crippen LogP contribution >= 0.6 is 24.0 Å². The number of halogens is 4. The van der Waals surface area contributed by atoms with Gasteiger partial charge in [0.25, 0.3) is 0 Å². The largest absolute Gasteiger partial charge is 0.468 e. The third-order valence-corrected chi connectivity index (χ3v) is 2.36. The van der Waals surface area contributed by atoms with Gasteiger partial charge in [-0.25, -0.2) is 9.98 Å². The Morgan fingerprint density at radius 2 is 2.17 bits per heavy atom. The lowest BCUT2D eigenvalue weighted by Gasteiger charge is -2.10. The van der Waals surface area contributed by atoms with E-state index < -0.39 is 12.8 Å². The number of hydrogen-bond acceptors (Lipinski definition) is 3. The molecule has 5 nitrogen and oxygen atoms in total. The van der Waals surface area contributed by atoms with Gasteiger partial charge in [0.05, 0.1) is 6.54 Å². The fourth-order valence-corrected chi connectivity index (χ4v) is 1.46. The van der Waals surface area contributed by atoms with Crippen molar-refractivity contribution in [3.63, 3.8) is 0 Å². The van der Waals surface area contributed by atoms with E-state index in [1.165, 1.54) is 12.3 Å². The molecule has 23 heavy (non-hydrogen) atoms. The van der Waals surface area contributed by atoms with Crippen LogP contribution in [0.15, 0.2) is 36.0 Å². The summed E-state index contributed by atoms with van der Waals surface area (Å²) in [5.74, 6) is 0.519. The molecule has 1 rings (SSSR count). The smallest absolute Gasteiger partial charge is 0.422 e. The molecular formula is C14H20F3IN4O. The van der Waals surface area contributed by atoms with Crippen molar-refractivity contribution >= 4 is 29.9 Å². The van der Waals surface area contributed by atoms with Crippen LogP contribution in [0.2, 0.25) is 0 Å². The van der Waals surface area contributed by atoms with Crippen LogP contribution in [-0.4, -0.2) is 36.8 Å². The fourth-order valence-electron chi connectivity index (χ4n) is 1.46.